The van der Waals surface area contributed by atoms with Gasteiger partial charge in [-0.1, -0.05) is 19.1 Å². The maximum Gasteiger partial charge on any atom is 0.311 e. The van der Waals surface area contributed by atoms with Crippen molar-refractivity contribution in [2.24, 2.45) is 5.73 Å². The molecule has 82 valence electrons. The van der Waals surface area contributed by atoms with Gasteiger partial charge in [-0.05, 0) is 37.1 Å². The molecule has 0 saturated heterocycles. The summed E-state index contributed by atoms with van der Waals surface area (Å²) in [6, 6.07) is 7.56. The number of nitrogens with two attached hydrogens (primary N) is 1. The van der Waals surface area contributed by atoms with Crippen molar-refractivity contribution in [2.45, 2.75) is 26.2 Å². The number of hydrogen-bond acceptors (Lipinski definition) is 3. The molecule has 3 heteroatoms. The molecule has 1 rings (SSSR count). The highest BCUT2D eigenvalue weighted by molar-refractivity contribution is 5.72. The van der Waals surface area contributed by atoms with Crippen LogP contribution in [-0.2, 0) is 11.2 Å². The zero-order chi connectivity index (χ0) is 11.1. The zero-order valence-electron chi connectivity index (χ0n) is 9.03. The summed E-state index contributed by atoms with van der Waals surface area (Å²) in [5, 5.41) is 0. The van der Waals surface area contributed by atoms with E-state index < -0.39 is 0 Å². The van der Waals surface area contributed by atoms with Crippen molar-refractivity contribution in [3.63, 3.8) is 0 Å². The van der Waals surface area contributed by atoms with Crippen LogP contribution in [0.5, 0.6) is 5.75 Å². The van der Waals surface area contributed by atoms with Crippen LogP contribution >= 0.6 is 0 Å². The molecule has 1 aromatic carbocycles. The van der Waals surface area contributed by atoms with Crippen LogP contribution in [0.4, 0.5) is 0 Å². The Morgan fingerprint density at radius 1 is 1.33 bits per heavy atom. The molecular formula is C12H17NO2. The predicted octanol–water partition coefficient (Wildman–Crippen LogP) is 1.89. The molecule has 0 aliphatic heterocycles. The lowest BCUT2D eigenvalue weighted by Gasteiger charge is -2.04. The van der Waals surface area contributed by atoms with Gasteiger partial charge in [0, 0.05) is 6.42 Å². The van der Waals surface area contributed by atoms with Gasteiger partial charge in [0.2, 0.25) is 0 Å². The van der Waals surface area contributed by atoms with E-state index in [2.05, 4.69) is 6.92 Å². The number of carbonyl (C=O) groups is 1. The van der Waals surface area contributed by atoms with Crippen LogP contribution in [0.2, 0.25) is 0 Å². The minimum atomic E-state index is -0.218. The van der Waals surface area contributed by atoms with Gasteiger partial charge in [-0.15, -0.1) is 0 Å². The van der Waals surface area contributed by atoms with Gasteiger partial charge in [-0.3, -0.25) is 4.79 Å². The largest absolute Gasteiger partial charge is 0.427 e. The van der Waals surface area contributed by atoms with Crippen LogP contribution in [0.3, 0.4) is 0 Å². The van der Waals surface area contributed by atoms with Gasteiger partial charge in [0.1, 0.15) is 5.75 Å². The van der Waals surface area contributed by atoms with Gasteiger partial charge in [0.15, 0.2) is 0 Å². The molecule has 2 N–H and O–H groups in total. The SMILES string of the molecule is CCc1ccc(OC(=O)CCCN)cc1. The first-order valence-electron chi connectivity index (χ1n) is 5.26. The Labute approximate surface area is 90.2 Å². The third kappa shape index (κ3) is 4.13. The molecule has 0 aliphatic carbocycles. The smallest absolute Gasteiger partial charge is 0.311 e. The van der Waals surface area contributed by atoms with Crippen molar-refractivity contribution in [3.8, 4) is 5.75 Å². The molecule has 0 radical (unpaired) electrons. The highest BCUT2D eigenvalue weighted by Gasteiger charge is 2.03. The second-order valence-corrected chi connectivity index (χ2v) is 3.36. The van der Waals surface area contributed by atoms with Crippen molar-refractivity contribution >= 4 is 5.97 Å². The van der Waals surface area contributed by atoms with E-state index >= 15 is 0 Å². The summed E-state index contributed by atoms with van der Waals surface area (Å²) in [6.07, 6.45) is 2.04. The summed E-state index contributed by atoms with van der Waals surface area (Å²) >= 11 is 0. The number of esters is 1. The van der Waals surface area contributed by atoms with Crippen molar-refractivity contribution < 1.29 is 9.53 Å². The second kappa shape index (κ2) is 6.19. The molecule has 0 heterocycles. The van der Waals surface area contributed by atoms with Gasteiger partial charge in [0.25, 0.3) is 0 Å². The fraction of sp³-hybridized carbons (Fsp3) is 0.417. The van der Waals surface area contributed by atoms with E-state index in [9.17, 15) is 4.79 Å². The Morgan fingerprint density at radius 2 is 2.00 bits per heavy atom. The summed E-state index contributed by atoms with van der Waals surface area (Å²) in [6.45, 7) is 2.60. The van der Waals surface area contributed by atoms with Crippen LogP contribution in [0.1, 0.15) is 25.3 Å². The fourth-order valence-electron chi connectivity index (χ4n) is 1.22. The minimum absolute atomic E-state index is 0.218. The highest BCUT2D eigenvalue weighted by Crippen LogP contribution is 2.13. The number of carbonyl (C=O) groups excluding carboxylic acids is 1. The lowest BCUT2D eigenvalue weighted by Crippen LogP contribution is -2.10. The van der Waals surface area contributed by atoms with E-state index in [0.717, 1.165) is 6.42 Å². The molecule has 0 unspecified atom stereocenters. The van der Waals surface area contributed by atoms with Crippen LogP contribution < -0.4 is 10.5 Å². The third-order valence-corrected chi connectivity index (χ3v) is 2.15. The summed E-state index contributed by atoms with van der Waals surface area (Å²) in [5.74, 6) is 0.388. The van der Waals surface area contributed by atoms with Crippen LogP contribution in [-0.4, -0.2) is 12.5 Å². The fourth-order valence-corrected chi connectivity index (χ4v) is 1.22. The molecule has 1 aromatic rings. The standard InChI is InChI=1S/C12H17NO2/c1-2-10-5-7-11(8-6-10)15-12(14)4-3-9-13/h5-8H,2-4,9,13H2,1H3. The molecular weight excluding hydrogens is 190 g/mol. The lowest BCUT2D eigenvalue weighted by atomic mass is 10.2. The van der Waals surface area contributed by atoms with Gasteiger partial charge < -0.3 is 10.5 Å². The van der Waals surface area contributed by atoms with E-state index in [1.165, 1.54) is 5.56 Å². The van der Waals surface area contributed by atoms with Crippen LogP contribution in [0.15, 0.2) is 24.3 Å². The zero-order valence-corrected chi connectivity index (χ0v) is 9.03. The van der Waals surface area contributed by atoms with E-state index in [1.807, 2.05) is 24.3 Å². The molecule has 0 bridgehead atoms. The number of ether oxygens (including phenoxy) is 1. The molecule has 0 spiro atoms. The van der Waals surface area contributed by atoms with Crippen molar-refractivity contribution in [3.05, 3.63) is 29.8 Å². The third-order valence-electron chi connectivity index (χ3n) is 2.15. The Morgan fingerprint density at radius 3 is 2.53 bits per heavy atom. The summed E-state index contributed by atoms with van der Waals surface area (Å²) in [5.41, 5.74) is 6.53. The average Bonchev–Trinajstić information content (AvgIpc) is 2.27. The molecule has 0 aliphatic rings. The Balaban J connectivity index is 2.46. The quantitative estimate of drug-likeness (QED) is 0.592. The van der Waals surface area contributed by atoms with Gasteiger partial charge in [-0.2, -0.15) is 0 Å². The predicted molar refractivity (Wildman–Crippen MR) is 59.7 cm³/mol. The van der Waals surface area contributed by atoms with Crippen LogP contribution in [0.25, 0.3) is 0 Å². The number of hydrogen-bond donors (Lipinski definition) is 1. The normalized spacial score (nSPS) is 10.0. The monoisotopic (exact) mass is 207 g/mol. The lowest BCUT2D eigenvalue weighted by molar-refractivity contribution is -0.134. The molecule has 15 heavy (non-hydrogen) atoms. The van der Waals surface area contributed by atoms with E-state index in [1.54, 1.807) is 0 Å². The molecule has 0 amide bonds. The molecule has 0 fully saturated rings. The van der Waals surface area contributed by atoms with Gasteiger partial charge in [-0.25, -0.2) is 0 Å². The Hall–Kier alpha value is -1.35. The number of benzene rings is 1. The van der Waals surface area contributed by atoms with Crippen molar-refractivity contribution in [1.82, 2.24) is 0 Å². The first kappa shape index (κ1) is 11.7. The summed E-state index contributed by atoms with van der Waals surface area (Å²) in [7, 11) is 0. The van der Waals surface area contributed by atoms with E-state index in [0.29, 0.717) is 25.1 Å². The van der Waals surface area contributed by atoms with Gasteiger partial charge >= 0.3 is 5.97 Å². The summed E-state index contributed by atoms with van der Waals surface area (Å²) < 4.78 is 5.12. The first-order chi connectivity index (χ1) is 7.26. The number of rotatable bonds is 5. The molecule has 0 atom stereocenters. The molecule has 0 saturated carbocycles. The second-order valence-electron chi connectivity index (χ2n) is 3.36. The van der Waals surface area contributed by atoms with Crippen molar-refractivity contribution in [1.29, 1.82) is 0 Å². The van der Waals surface area contributed by atoms with Crippen LogP contribution in [0, 0.1) is 0 Å². The van der Waals surface area contributed by atoms with Crippen molar-refractivity contribution in [2.75, 3.05) is 6.54 Å². The topological polar surface area (TPSA) is 52.3 Å². The minimum Gasteiger partial charge on any atom is -0.427 e. The number of aryl methyl sites for hydroxylation is 1. The van der Waals surface area contributed by atoms with Gasteiger partial charge in [0.05, 0.1) is 0 Å². The van der Waals surface area contributed by atoms with E-state index in [-0.39, 0.29) is 5.97 Å². The Bertz CT molecular complexity index is 306. The Kier molecular flexibility index (Phi) is 4.84. The highest BCUT2D eigenvalue weighted by atomic mass is 16.5. The first-order valence-corrected chi connectivity index (χ1v) is 5.26. The maximum absolute atomic E-state index is 11.2. The average molecular weight is 207 g/mol. The maximum atomic E-state index is 11.2. The molecule has 3 nitrogen and oxygen atoms in total. The van der Waals surface area contributed by atoms with E-state index in [4.69, 9.17) is 10.5 Å². The summed E-state index contributed by atoms with van der Waals surface area (Å²) in [4.78, 5) is 11.2. The molecule has 0 aromatic heterocycles.